The van der Waals surface area contributed by atoms with E-state index in [1.165, 1.54) is 0 Å². The molecule has 0 aromatic heterocycles. The Morgan fingerprint density at radius 2 is 2.12 bits per heavy atom. The second-order valence-corrected chi connectivity index (χ2v) is 2.31. The molecule has 52 valence electrons. The number of hydrogen-bond donors (Lipinski definition) is 0. The van der Waals surface area contributed by atoms with Crippen LogP contribution in [-0.2, 0) is 29.7 Å². The minimum atomic E-state index is 0. The molecule has 0 saturated carbocycles. The van der Waals surface area contributed by atoms with E-state index in [1.54, 1.807) is 0 Å². The van der Waals surface area contributed by atoms with Crippen molar-refractivity contribution in [1.29, 1.82) is 0 Å². The van der Waals surface area contributed by atoms with E-state index < -0.39 is 0 Å². The Morgan fingerprint density at radius 3 is 2.12 bits per heavy atom. The fraction of sp³-hybridized carbons (Fsp3) is 0.750. The molecule has 0 aliphatic rings. The van der Waals surface area contributed by atoms with Gasteiger partial charge in [0.2, 0.25) is 0 Å². The Balaban J connectivity index is 0. The maximum Gasteiger partial charge on any atom is 1.00 e. The zero-order chi connectivity index (χ0) is 5.86. The van der Waals surface area contributed by atoms with Gasteiger partial charge in [-0.05, 0) is 6.92 Å². The molecule has 0 amide bonds. The van der Waals surface area contributed by atoms with Gasteiger partial charge in [-0.2, -0.15) is 0 Å². The second-order valence-electron chi connectivity index (χ2n) is 1.28. The molecule has 0 spiro atoms. The molecule has 0 radical (unpaired) electrons. The van der Waals surface area contributed by atoms with Gasteiger partial charge < -0.3 is 29.7 Å². The average molecular weight is 198 g/mol. The third-order valence-electron chi connectivity index (χ3n) is 0.786. The molecule has 0 N–H and O–H groups in total. The van der Waals surface area contributed by atoms with Gasteiger partial charge >= 0.3 is 17.1 Å². The third-order valence-corrected chi connectivity index (χ3v) is 1.41. The molecule has 0 aliphatic carbocycles. The zero-order valence-electron chi connectivity index (χ0n) is 4.77. The van der Waals surface area contributed by atoms with Crippen LogP contribution in [0.1, 0.15) is 6.92 Å². The summed E-state index contributed by atoms with van der Waals surface area (Å²) in [4.78, 5) is 1.84. The molecule has 0 aromatic carbocycles. The van der Waals surface area contributed by atoms with Gasteiger partial charge in [-0.1, -0.05) is 4.32 Å². The maximum absolute atomic E-state index is 4.66. The number of thiocarbonyl (C=S) groups is 1. The standard InChI is InChI=1S/C4H9NS2.Cu/c1-3-5(2)4(6)7;/h3H2,1-2H3,(H,6,7);/q;+1/p-1. The van der Waals surface area contributed by atoms with Gasteiger partial charge in [-0.3, -0.25) is 0 Å². The van der Waals surface area contributed by atoms with Gasteiger partial charge in [0, 0.05) is 13.6 Å². The van der Waals surface area contributed by atoms with Crippen molar-refractivity contribution in [3.63, 3.8) is 0 Å². The van der Waals surface area contributed by atoms with Crippen molar-refractivity contribution in [3.8, 4) is 0 Å². The molecule has 4 heteroatoms. The summed E-state index contributed by atoms with van der Waals surface area (Å²) in [5, 5.41) is 0. The largest absolute Gasteiger partial charge is 1.00 e. The maximum atomic E-state index is 4.66. The summed E-state index contributed by atoms with van der Waals surface area (Å²) >= 11 is 9.32. The van der Waals surface area contributed by atoms with Gasteiger partial charge in [-0.15, -0.1) is 0 Å². The van der Waals surface area contributed by atoms with E-state index >= 15 is 0 Å². The number of nitrogens with zero attached hydrogens (tertiary/aromatic N) is 1. The Labute approximate surface area is 71.7 Å². The number of rotatable bonds is 1. The molecule has 0 rings (SSSR count). The van der Waals surface area contributed by atoms with E-state index in [0.29, 0.717) is 4.32 Å². The van der Waals surface area contributed by atoms with Gasteiger partial charge in [0.15, 0.2) is 0 Å². The van der Waals surface area contributed by atoms with Crippen molar-refractivity contribution in [1.82, 2.24) is 4.90 Å². The van der Waals surface area contributed by atoms with Crippen LogP contribution in [-0.4, -0.2) is 22.8 Å². The SMILES string of the molecule is CCN(C)C(=S)[S-].[Cu+]. The molecule has 1 nitrogen and oxygen atoms in total. The monoisotopic (exact) mass is 197 g/mol. The summed E-state index contributed by atoms with van der Waals surface area (Å²) in [6, 6.07) is 0. The van der Waals surface area contributed by atoms with Crippen LogP contribution < -0.4 is 0 Å². The fourth-order valence-electron chi connectivity index (χ4n) is 0.129. The van der Waals surface area contributed by atoms with Crippen LogP contribution >= 0.6 is 12.2 Å². The topological polar surface area (TPSA) is 3.24 Å². The zero-order valence-corrected chi connectivity index (χ0v) is 7.35. The summed E-state index contributed by atoms with van der Waals surface area (Å²) in [5.41, 5.74) is 0. The first kappa shape index (κ1) is 11.4. The second kappa shape index (κ2) is 5.76. The van der Waals surface area contributed by atoms with Crippen molar-refractivity contribution in [2.75, 3.05) is 13.6 Å². The molecule has 0 aliphatic heterocycles. The van der Waals surface area contributed by atoms with E-state index in [-0.39, 0.29) is 17.1 Å². The fourth-order valence-corrected chi connectivity index (χ4v) is 0.387. The van der Waals surface area contributed by atoms with E-state index in [2.05, 4.69) is 24.8 Å². The summed E-state index contributed by atoms with van der Waals surface area (Å²) in [5.74, 6) is 0. The minimum Gasteiger partial charge on any atom is -0.411 e. The van der Waals surface area contributed by atoms with Gasteiger partial charge in [-0.25, -0.2) is 0 Å². The van der Waals surface area contributed by atoms with Crippen LogP contribution in [0.3, 0.4) is 0 Å². The summed E-state index contributed by atoms with van der Waals surface area (Å²) in [6.45, 7) is 2.92. The van der Waals surface area contributed by atoms with Crippen molar-refractivity contribution in [3.05, 3.63) is 0 Å². The molecule has 0 atom stereocenters. The smallest absolute Gasteiger partial charge is 0.411 e. The van der Waals surface area contributed by atoms with Gasteiger partial charge in [0.25, 0.3) is 0 Å². The molecule has 0 unspecified atom stereocenters. The minimum absolute atomic E-state index is 0. The molecule has 0 bridgehead atoms. The molecule has 8 heavy (non-hydrogen) atoms. The summed E-state index contributed by atoms with van der Waals surface area (Å²) < 4.78 is 0.544. The van der Waals surface area contributed by atoms with Crippen LogP contribution in [0.4, 0.5) is 0 Å². The molecule has 0 heterocycles. The normalized spacial score (nSPS) is 7.25. The molecule has 0 aromatic rings. The van der Waals surface area contributed by atoms with Crippen LogP contribution in [0, 0.1) is 0 Å². The van der Waals surface area contributed by atoms with Crippen LogP contribution in [0.15, 0.2) is 0 Å². The van der Waals surface area contributed by atoms with E-state index in [0.717, 1.165) is 6.54 Å². The molecular weight excluding hydrogens is 190 g/mol. The molecular formula is C4H8CuNS2. The molecule has 0 fully saturated rings. The number of hydrogen-bond acceptors (Lipinski definition) is 2. The van der Waals surface area contributed by atoms with Crippen LogP contribution in [0.25, 0.3) is 0 Å². The first-order valence-electron chi connectivity index (χ1n) is 2.10. The van der Waals surface area contributed by atoms with E-state index in [1.807, 2.05) is 18.9 Å². The van der Waals surface area contributed by atoms with E-state index in [4.69, 9.17) is 0 Å². The first-order chi connectivity index (χ1) is 3.18. The first-order valence-corrected chi connectivity index (χ1v) is 2.92. The van der Waals surface area contributed by atoms with E-state index in [9.17, 15) is 0 Å². The Kier molecular flexibility index (Phi) is 8.23. The van der Waals surface area contributed by atoms with Gasteiger partial charge in [0.05, 0.1) is 0 Å². The van der Waals surface area contributed by atoms with Crippen molar-refractivity contribution in [2.24, 2.45) is 0 Å². The van der Waals surface area contributed by atoms with Crippen LogP contribution in [0.2, 0.25) is 0 Å². The average Bonchev–Trinajstić information content (AvgIpc) is 1.65. The van der Waals surface area contributed by atoms with Crippen LogP contribution in [0.5, 0.6) is 0 Å². The Bertz CT molecular complexity index is 76.4. The van der Waals surface area contributed by atoms with Gasteiger partial charge in [0.1, 0.15) is 0 Å². The summed E-state index contributed by atoms with van der Waals surface area (Å²) in [6.07, 6.45) is 0. The van der Waals surface area contributed by atoms with Crippen molar-refractivity contribution in [2.45, 2.75) is 6.92 Å². The van der Waals surface area contributed by atoms with Crippen molar-refractivity contribution >= 4 is 29.2 Å². The Morgan fingerprint density at radius 1 is 1.75 bits per heavy atom. The quantitative estimate of drug-likeness (QED) is 0.348. The third kappa shape index (κ3) is 4.78. The Hall–Kier alpha value is 0.629. The predicted octanol–water partition coefficient (Wildman–Crippen LogP) is 0.767. The predicted molar refractivity (Wildman–Crippen MR) is 38.3 cm³/mol. The van der Waals surface area contributed by atoms with Crippen molar-refractivity contribution < 1.29 is 17.1 Å². The summed E-state index contributed by atoms with van der Waals surface area (Å²) in [7, 11) is 1.88. The molecule has 0 saturated heterocycles.